The first-order valence-corrected chi connectivity index (χ1v) is 17.1. The van der Waals surface area contributed by atoms with Crippen LogP contribution < -0.4 is 21.3 Å². The maximum atomic E-state index is 11.2. The van der Waals surface area contributed by atoms with E-state index in [0.29, 0.717) is 18.4 Å². The Bertz CT molecular complexity index is 738. The zero-order chi connectivity index (χ0) is 34.6. The van der Waals surface area contributed by atoms with Crippen LogP contribution in [-0.4, -0.2) is 55.6 Å². The first-order chi connectivity index (χ1) is 20.7. The summed E-state index contributed by atoms with van der Waals surface area (Å²) in [6.07, 6.45) is 18.0. The highest BCUT2D eigenvalue weighted by Crippen LogP contribution is 2.30. The minimum absolute atomic E-state index is 0.0314. The van der Waals surface area contributed by atoms with Crippen molar-refractivity contribution in [3.8, 4) is 0 Å². The molecule has 260 valence electrons. The van der Waals surface area contributed by atoms with E-state index in [0.717, 1.165) is 18.7 Å². The van der Waals surface area contributed by atoms with E-state index in [4.69, 9.17) is 0 Å². The van der Waals surface area contributed by atoms with Gasteiger partial charge in [0.15, 0.2) is 11.6 Å². The molecule has 0 radical (unpaired) electrons. The molecule has 0 aliphatic heterocycles. The molecule has 0 heterocycles. The van der Waals surface area contributed by atoms with Crippen LogP contribution in [0.4, 0.5) is 4.79 Å². The fourth-order valence-corrected chi connectivity index (χ4v) is 4.22. The predicted molar refractivity (Wildman–Crippen MR) is 184 cm³/mol. The smallest absolute Gasteiger partial charge is 0.315 e. The Kier molecular flexibility index (Phi) is 30.6. The summed E-state index contributed by atoms with van der Waals surface area (Å²) in [6, 6.07) is -0.474. The molecular formula is C35H70N4O5. The second kappa shape index (κ2) is 29.3. The number of ketones is 2. The normalized spacial score (nSPS) is 14.8. The minimum Gasteiger partial charge on any atom is -0.356 e. The lowest BCUT2D eigenvalue weighted by atomic mass is 9.80. The Morgan fingerprint density at radius 2 is 1.34 bits per heavy atom. The average molecular weight is 627 g/mol. The fourth-order valence-electron chi connectivity index (χ4n) is 4.22. The van der Waals surface area contributed by atoms with Gasteiger partial charge >= 0.3 is 6.03 Å². The fraction of sp³-hybridized carbons (Fsp3) is 0.857. The van der Waals surface area contributed by atoms with Crippen molar-refractivity contribution in [2.75, 3.05) is 7.05 Å². The summed E-state index contributed by atoms with van der Waals surface area (Å²) >= 11 is 0. The van der Waals surface area contributed by atoms with Gasteiger partial charge in [0.2, 0.25) is 12.8 Å². The van der Waals surface area contributed by atoms with Crippen molar-refractivity contribution in [1.82, 2.24) is 21.3 Å². The number of hydrogen-bond donors (Lipinski definition) is 4. The van der Waals surface area contributed by atoms with Crippen molar-refractivity contribution >= 4 is 30.4 Å². The maximum absolute atomic E-state index is 11.2. The number of unbranched alkanes of at least 4 members (excludes halogenated alkanes) is 2. The van der Waals surface area contributed by atoms with Crippen LogP contribution >= 0.6 is 0 Å². The third-order valence-electron chi connectivity index (χ3n) is 7.31. The Labute approximate surface area is 270 Å². The number of carbonyl (C=O) groups is 5. The quantitative estimate of drug-likeness (QED) is 0.144. The highest BCUT2D eigenvalue weighted by molar-refractivity contribution is 5.87. The van der Waals surface area contributed by atoms with Gasteiger partial charge in [-0.25, -0.2) is 4.79 Å². The molecule has 0 aromatic heterocycles. The highest BCUT2D eigenvalue weighted by atomic mass is 16.2. The van der Waals surface area contributed by atoms with Crippen LogP contribution in [0.2, 0.25) is 0 Å². The summed E-state index contributed by atoms with van der Waals surface area (Å²) in [6.45, 7) is 19.9. The molecule has 9 heteroatoms. The summed E-state index contributed by atoms with van der Waals surface area (Å²) in [5.74, 6) is 1.66. The summed E-state index contributed by atoms with van der Waals surface area (Å²) in [4.78, 5) is 52.9. The van der Waals surface area contributed by atoms with Gasteiger partial charge in [0.05, 0.1) is 12.1 Å². The molecule has 2 rings (SSSR count). The third-order valence-corrected chi connectivity index (χ3v) is 7.31. The van der Waals surface area contributed by atoms with Crippen molar-refractivity contribution in [3.63, 3.8) is 0 Å². The van der Waals surface area contributed by atoms with E-state index < -0.39 is 6.04 Å². The van der Waals surface area contributed by atoms with E-state index in [9.17, 15) is 24.0 Å². The van der Waals surface area contributed by atoms with E-state index in [-0.39, 0.29) is 29.1 Å². The van der Waals surface area contributed by atoms with E-state index in [1.165, 1.54) is 97.9 Å². The molecule has 2 saturated carbocycles. The van der Waals surface area contributed by atoms with Crippen molar-refractivity contribution in [2.45, 2.75) is 171 Å². The van der Waals surface area contributed by atoms with Crippen LogP contribution in [0.1, 0.15) is 153 Å². The molecule has 0 saturated heterocycles. The second-order valence-electron chi connectivity index (χ2n) is 13.3. The molecular weight excluding hydrogens is 556 g/mol. The van der Waals surface area contributed by atoms with Gasteiger partial charge in [-0.2, -0.15) is 0 Å². The first-order valence-electron chi connectivity index (χ1n) is 17.1. The zero-order valence-corrected chi connectivity index (χ0v) is 30.3. The minimum atomic E-state index is -0.438. The van der Waals surface area contributed by atoms with Crippen LogP contribution in [0.15, 0.2) is 0 Å². The second-order valence-corrected chi connectivity index (χ2v) is 13.3. The monoisotopic (exact) mass is 627 g/mol. The van der Waals surface area contributed by atoms with E-state index in [2.05, 4.69) is 55.9 Å². The Morgan fingerprint density at radius 1 is 0.841 bits per heavy atom. The molecule has 2 aliphatic carbocycles. The van der Waals surface area contributed by atoms with Gasteiger partial charge in [0.25, 0.3) is 0 Å². The topological polar surface area (TPSA) is 133 Å². The molecule has 4 amide bonds. The van der Waals surface area contributed by atoms with E-state index in [1.807, 2.05) is 20.8 Å². The molecule has 0 bridgehead atoms. The number of urea groups is 1. The van der Waals surface area contributed by atoms with E-state index >= 15 is 0 Å². The molecule has 2 fully saturated rings. The van der Waals surface area contributed by atoms with Crippen LogP contribution in [-0.2, 0) is 19.2 Å². The number of nitrogens with one attached hydrogen (secondary N) is 4. The van der Waals surface area contributed by atoms with Gasteiger partial charge in [0.1, 0.15) is 0 Å². The van der Waals surface area contributed by atoms with Gasteiger partial charge in [0, 0.05) is 13.1 Å². The highest BCUT2D eigenvalue weighted by Gasteiger charge is 2.29. The lowest BCUT2D eigenvalue weighted by Crippen LogP contribution is -2.50. The first kappa shape index (κ1) is 46.0. The Hall–Kier alpha value is -2.45. The number of rotatable bonds is 15. The lowest BCUT2D eigenvalue weighted by Gasteiger charge is -2.28. The molecule has 2 aliphatic rings. The zero-order valence-electron chi connectivity index (χ0n) is 30.3. The van der Waals surface area contributed by atoms with Gasteiger partial charge in [-0.3, -0.25) is 19.2 Å². The maximum Gasteiger partial charge on any atom is 0.315 e. The SMILES string of the molecule is CC(=O)C(CC1CCC1)NC=O.CCC.CCCCC(C)CCCC.CNC(=O)NC(C(C)=O)C(C)(C)C.O=CNC1CC1. The van der Waals surface area contributed by atoms with Gasteiger partial charge in [-0.1, -0.05) is 120 Å². The summed E-state index contributed by atoms with van der Waals surface area (Å²) < 4.78 is 0. The Balaban J connectivity index is -0.000000506. The molecule has 0 aromatic rings. The molecule has 2 atom stereocenters. The van der Waals surface area contributed by atoms with Gasteiger partial charge in [-0.15, -0.1) is 0 Å². The predicted octanol–water partition coefficient (Wildman–Crippen LogP) is 7.11. The number of Topliss-reactive ketones (excluding diaryl/α,β-unsaturated/α-hetero) is 2. The molecule has 4 N–H and O–H groups in total. The number of amides is 4. The van der Waals surface area contributed by atoms with Gasteiger partial charge in [-0.05, 0) is 50.4 Å². The van der Waals surface area contributed by atoms with Crippen LogP contribution in [0.25, 0.3) is 0 Å². The standard InChI is InChI=1S/C10H22.C9H18N2O2.C9H15NO2.C4H7NO.C3H8/c1-4-6-8-10(3)9-7-5-2;1-6(12)7(9(2,3)4)11-8(13)10-5;1-7(12)9(10-6-11)5-8-3-2-4-8;6-3-5-4-1-2-4;1-3-2/h10H,4-9H2,1-3H3;7H,1-5H3,(H2,10,11,13);6,8-9H,2-5H2,1H3,(H,10,11);3-4H,1-2H2,(H,5,6);3H2,1-2H3. The van der Waals surface area contributed by atoms with Crippen molar-refractivity contribution in [3.05, 3.63) is 0 Å². The average Bonchev–Trinajstić information content (AvgIpc) is 3.75. The van der Waals surface area contributed by atoms with Crippen LogP contribution in [0.3, 0.4) is 0 Å². The van der Waals surface area contributed by atoms with Crippen LogP contribution in [0.5, 0.6) is 0 Å². The number of hydrogen-bond acceptors (Lipinski definition) is 5. The summed E-state index contributed by atoms with van der Waals surface area (Å²) in [5.41, 5.74) is -0.252. The van der Waals surface area contributed by atoms with Crippen LogP contribution in [0, 0.1) is 17.3 Å². The molecule has 0 aromatic carbocycles. The molecule has 9 nitrogen and oxygen atoms in total. The summed E-state index contributed by atoms with van der Waals surface area (Å²) in [7, 11) is 1.52. The molecule has 2 unspecified atom stereocenters. The molecule has 0 spiro atoms. The van der Waals surface area contributed by atoms with Gasteiger partial charge < -0.3 is 21.3 Å². The third kappa shape index (κ3) is 29.6. The Morgan fingerprint density at radius 3 is 1.59 bits per heavy atom. The van der Waals surface area contributed by atoms with Crippen molar-refractivity contribution in [2.24, 2.45) is 17.3 Å². The lowest BCUT2D eigenvalue weighted by molar-refractivity contribution is -0.122. The van der Waals surface area contributed by atoms with Crippen molar-refractivity contribution in [1.29, 1.82) is 0 Å². The summed E-state index contributed by atoms with van der Waals surface area (Å²) in [5, 5.41) is 10.2. The van der Waals surface area contributed by atoms with Crippen molar-refractivity contribution < 1.29 is 24.0 Å². The largest absolute Gasteiger partial charge is 0.356 e. The molecule has 44 heavy (non-hydrogen) atoms. The van der Waals surface area contributed by atoms with E-state index in [1.54, 1.807) is 0 Å². The number of carbonyl (C=O) groups excluding carboxylic acids is 5.